The van der Waals surface area contributed by atoms with Crippen LogP contribution in [0.1, 0.15) is 21.9 Å². The maximum atomic E-state index is 12.0. The van der Waals surface area contributed by atoms with Gasteiger partial charge in [0.05, 0.1) is 17.9 Å². The molecule has 0 bridgehead atoms. The maximum absolute atomic E-state index is 12.0. The van der Waals surface area contributed by atoms with Gasteiger partial charge in [-0.25, -0.2) is 22.5 Å². The van der Waals surface area contributed by atoms with Crippen molar-refractivity contribution in [3.63, 3.8) is 0 Å². The van der Waals surface area contributed by atoms with E-state index >= 15 is 0 Å². The van der Waals surface area contributed by atoms with Gasteiger partial charge in [-0.3, -0.25) is 0 Å². The summed E-state index contributed by atoms with van der Waals surface area (Å²) in [5.41, 5.74) is 0.397. The lowest BCUT2D eigenvalue weighted by Gasteiger charge is -2.10. The number of hydrogen-bond donors (Lipinski definition) is 0. The molecule has 2 aromatic rings. The summed E-state index contributed by atoms with van der Waals surface area (Å²) in [5.74, 6) is 1.14. The van der Waals surface area contributed by atoms with Gasteiger partial charge in [0.2, 0.25) is 10.0 Å². The Hall–Kier alpha value is -1.84. The Bertz CT molecular complexity index is 826. The van der Waals surface area contributed by atoms with E-state index in [1.54, 1.807) is 19.1 Å². The average Bonchev–Trinajstić information content (AvgIpc) is 2.93. The van der Waals surface area contributed by atoms with Gasteiger partial charge >= 0.3 is 5.97 Å². The van der Waals surface area contributed by atoms with Crippen molar-refractivity contribution in [3.05, 3.63) is 41.5 Å². The average molecular weight is 370 g/mol. The van der Waals surface area contributed by atoms with Crippen LogP contribution in [0, 0.1) is 6.92 Å². The van der Waals surface area contributed by atoms with E-state index in [9.17, 15) is 13.2 Å². The summed E-state index contributed by atoms with van der Waals surface area (Å²) in [4.78, 5) is 15.8. The van der Waals surface area contributed by atoms with Gasteiger partial charge in [0.1, 0.15) is 22.0 Å². The molecule has 0 saturated heterocycles. The van der Waals surface area contributed by atoms with Crippen LogP contribution < -0.4 is 0 Å². The van der Waals surface area contributed by atoms with Crippen LogP contribution >= 0.6 is 11.8 Å². The van der Waals surface area contributed by atoms with Gasteiger partial charge in [-0.1, -0.05) is 11.8 Å². The number of esters is 1. The number of rotatable bonds is 6. The van der Waals surface area contributed by atoms with Crippen LogP contribution in [0.5, 0.6) is 0 Å². The van der Waals surface area contributed by atoms with Crippen LogP contribution in [0.4, 0.5) is 0 Å². The monoisotopic (exact) mass is 370 g/mol. The van der Waals surface area contributed by atoms with E-state index in [0.717, 1.165) is 4.31 Å². The lowest BCUT2D eigenvalue weighted by Crippen LogP contribution is -2.22. The van der Waals surface area contributed by atoms with Crippen molar-refractivity contribution in [2.24, 2.45) is 0 Å². The Balaban J connectivity index is 2.07. The molecule has 9 heteroatoms. The molecule has 0 spiro atoms. The predicted molar refractivity (Wildman–Crippen MR) is 89.5 cm³/mol. The van der Waals surface area contributed by atoms with E-state index in [0.29, 0.717) is 27.9 Å². The Morgan fingerprint density at radius 2 is 2.08 bits per heavy atom. The van der Waals surface area contributed by atoms with Crippen molar-refractivity contribution in [1.82, 2.24) is 9.29 Å². The van der Waals surface area contributed by atoms with Crippen LogP contribution in [0.15, 0.2) is 38.7 Å². The third-order valence-electron chi connectivity index (χ3n) is 3.22. The number of thioether (sulfide) groups is 1. The molecule has 0 unspecified atom stereocenters. The molecule has 0 amide bonds. The molecular formula is C15H18N2O5S2. The first-order valence-corrected chi connectivity index (χ1v) is 9.37. The zero-order chi connectivity index (χ0) is 17.9. The summed E-state index contributed by atoms with van der Waals surface area (Å²) in [6, 6.07) is 4.79. The molecule has 2 aromatic heterocycles. The predicted octanol–water partition coefficient (Wildman–Crippen LogP) is 2.31. The molecule has 0 aliphatic rings. The van der Waals surface area contributed by atoms with Crippen LogP contribution in [0.2, 0.25) is 0 Å². The van der Waals surface area contributed by atoms with E-state index in [1.165, 1.54) is 45.2 Å². The number of pyridine rings is 1. The molecule has 2 rings (SSSR count). The van der Waals surface area contributed by atoms with Gasteiger partial charge in [0.25, 0.3) is 0 Å². The summed E-state index contributed by atoms with van der Waals surface area (Å²) in [7, 11) is 0.769. The van der Waals surface area contributed by atoms with Gasteiger partial charge in [0.15, 0.2) is 0 Å². The maximum Gasteiger partial charge on any atom is 0.341 e. The molecule has 0 N–H and O–H groups in total. The zero-order valence-corrected chi connectivity index (χ0v) is 15.4. The number of methoxy groups -OCH3 is 1. The third kappa shape index (κ3) is 3.97. The van der Waals surface area contributed by atoms with Crippen molar-refractivity contribution in [2.75, 3.05) is 21.2 Å². The lowest BCUT2D eigenvalue weighted by atomic mass is 10.2. The van der Waals surface area contributed by atoms with Gasteiger partial charge in [-0.2, -0.15) is 0 Å². The first-order chi connectivity index (χ1) is 11.3. The number of aromatic nitrogens is 1. The number of nitrogens with zero attached hydrogens (tertiary/aromatic N) is 2. The standard InChI is InChI=1S/C15H18N2O5S2/c1-10-13(15(18)21-4)7-11(22-10)9-23-14-6-5-12(8-16-14)24(19,20)17(2)3/h5-8H,9H2,1-4H3. The fourth-order valence-corrected chi connectivity index (χ4v) is 3.46. The van der Waals surface area contributed by atoms with Gasteiger partial charge in [0, 0.05) is 20.3 Å². The van der Waals surface area contributed by atoms with E-state index < -0.39 is 16.0 Å². The minimum atomic E-state index is -3.48. The Morgan fingerprint density at radius 1 is 1.38 bits per heavy atom. The van der Waals surface area contributed by atoms with Crippen molar-refractivity contribution < 1.29 is 22.4 Å². The minimum absolute atomic E-state index is 0.138. The van der Waals surface area contributed by atoms with Crippen LogP contribution in [0.3, 0.4) is 0 Å². The molecular weight excluding hydrogens is 352 g/mol. The van der Waals surface area contributed by atoms with Crippen molar-refractivity contribution in [2.45, 2.75) is 22.6 Å². The highest BCUT2D eigenvalue weighted by Gasteiger charge is 2.18. The van der Waals surface area contributed by atoms with Crippen molar-refractivity contribution >= 4 is 27.8 Å². The number of hydrogen-bond acceptors (Lipinski definition) is 7. The Labute approximate surface area is 145 Å². The Morgan fingerprint density at radius 3 is 2.62 bits per heavy atom. The second-order valence-electron chi connectivity index (χ2n) is 5.08. The SMILES string of the molecule is COC(=O)c1cc(CSc2ccc(S(=O)(=O)N(C)C)cn2)oc1C. The normalized spacial score (nSPS) is 11.7. The smallest absolute Gasteiger partial charge is 0.341 e. The lowest BCUT2D eigenvalue weighted by molar-refractivity contribution is 0.0599. The van der Waals surface area contributed by atoms with Gasteiger partial charge in [-0.15, -0.1) is 0 Å². The minimum Gasteiger partial charge on any atom is -0.465 e. The largest absolute Gasteiger partial charge is 0.465 e. The van der Waals surface area contributed by atoms with Gasteiger partial charge in [-0.05, 0) is 25.1 Å². The summed E-state index contributed by atoms with van der Waals surface area (Å²) >= 11 is 1.38. The zero-order valence-electron chi connectivity index (χ0n) is 13.8. The first-order valence-electron chi connectivity index (χ1n) is 6.94. The van der Waals surface area contributed by atoms with Gasteiger partial charge < -0.3 is 9.15 Å². The topological polar surface area (TPSA) is 89.7 Å². The van der Waals surface area contributed by atoms with E-state index in [4.69, 9.17) is 4.42 Å². The fourth-order valence-electron chi connectivity index (χ4n) is 1.89. The molecule has 0 aliphatic carbocycles. The van der Waals surface area contributed by atoms with E-state index in [2.05, 4.69) is 9.72 Å². The number of furan rings is 1. The molecule has 2 heterocycles. The van der Waals surface area contributed by atoms with E-state index in [1.807, 2.05) is 0 Å². The van der Waals surface area contributed by atoms with Crippen LogP contribution in [-0.2, 0) is 20.5 Å². The van der Waals surface area contributed by atoms with Crippen molar-refractivity contribution in [1.29, 1.82) is 0 Å². The number of carbonyl (C=O) groups is 1. The molecule has 0 saturated carbocycles. The molecule has 0 fully saturated rings. The third-order valence-corrected chi connectivity index (χ3v) is 5.99. The van der Waals surface area contributed by atoms with Crippen LogP contribution in [0.25, 0.3) is 0 Å². The highest BCUT2D eigenvalue weighted by atomic mass is 32.2. The van der Waals surface area contributed by atoms with Crippen LogP contribution in [-0.4, -0.2) is 44.9 Å². The highest BCUT2D eigenvalue weighted by Crippen LogP contribution is 2.25. The van der Waals surface area contributed by atoms with E-state index in [-0.39, 0.29) is 4.90 Å². The Kier molecular flexibility index (Phi) is 5.68. The fraction of sp³-hybridized carbons (Fsp3) is 0.333. The highest BCUT2D eigenvalue weighted by molar-refractivity contribution is 7.98. The quantitative estimate of drug-likeness (QED) is 0.569. The molecule has 24 heavy (non-hydrogen) atoms. The molecule has 0 atom stereocenters. The molecule has 7 nitrogen and oxygen atoms in total. The molecule has 0 aliphatic heterocycles. The summed E-state index contributed by atoms with van der Waals surface area (Å²) in [6.07, 6.45) is 1.32. The second-order valence-corrected chi connectivity index (χ2v) is 8.23. The number of sulfonamides is 1. The number of aryl methyl sites for hydroxylation is 1. The molecule has 0 radical (unpaired) electrons. The summed E-state index contributed by atoms with van der Waals surface area (Å²) in [5, 5.41) is 0.654. The molecule has 130 valence electrons. The van der Waals surface area contributed by atoms with Crippen molar-refractivity contribution in [3.8, 4) is 0 Å². The second kappa shape index (κ2) is 7.37. The first kappa shape index (κ1) is 18.5. The number of ether oxygens (including phenoxy) is 1. The number of carbonyl (C=O) groups excluding carboxylic acids is 1. The molecule has 0 aromatic carbocycles. The summed E-state index contributed by atoms with van der Waals surface area (Å²) < 4.78 is 35.3. The summed E-state index contributed by atoms with van der Waals surface area (Å²) in [6.45, 7) is 1.69.